The molecule has 2 aliphatic carbocycles. The van der Waals surface area contributed by atoms with Gasteiger partial charge in [-0.3, -0.25) is 14.4 Å². The van der Waals surface area contributed by atoms with Crippen LogP contribution in [0.1, 0.15) is 19.8 Å². The first kappa shape index (κ1) is 16.9. The van der Waals surface area contributed by atoms with E-state index in [1.54, 1.807) is 24.3 Å². The molecular weight excluding hydrogens is 338 g/mol. The third-order valence-corrected chi connectivity index (χ3v) is 5.55. The Hall–Kier alpha value is -2.57. The molecule has 1 aliphatic heterocycles. The fourth-order valence-electron chi connectivity index (χ4n) is 4.56. The molecule has 26 heavy (non-hydrogen) atoms. The van der Waals surface area contributed by atoms with Crippen molar-refractivity contribution in [2.75, 3.05) is 18.5 Å². The van der Waals surface area contributed by atoms with Crippen LogP contribution in [0, 0.1) is 23.7 Å². The molecule has 1 saturated heterocycles. The highest BCUT2D eigenvalue weighted by atomic mass is 16.6. The predicted molar refractivity (Wildman–Crippen MR) is 90.3 cm³/mol. The zero-order chi connectivity index (χ0) is 18.3. The number of esters is 2. The molecule has 1 aromatic carbocycles. The van der Waals surface area contributed by atoms with E-state index in [1.807, 2.05) is 6.92 Å². The van der Waals surface area contributed by atoms with Crippen molar-refractivity contribution in [3.63, 3.8) is 0 Å². The molecule has 0 spiro atoms. The second kappa shape index (κ2) is 6.63. The summed E-state index contributed by atoms with van der Waals surface area (Å²) >= 11 is 0. The van der Waals surface area contributed by atoms with Gasteiger partial charge in [0.25, 0.3) is 5.91 Å². The molecular formula is C19H21NO6. The van der Waals surface area contributed by atoms with E-state index in [9.17, 15) is 14.4 Å². The maximum absolute atomic E-state index is 12.4. The zero-order valence-electron chi connectivity index (χ0n) is 14.5. The molecule has 0 radical (unpaired) electrons. The Balaban J connectivity index is 1.29. The second-order valence-electron chi connectivity index (χ2n) is 7.04. The maximum Gasteiger partial charge on any atom is 0.310 e. The van der Waals surface area contributed by atoms with Crippen LogP contribution in [0.25, 0.3) is 0 Å². The molecule has 4 rings (SSSR count). The van der Waals surface area contributed by atoms with Crippen molar-refractivity contribution in [1.29, 1.82) is 0 Å². The molecule has 3 aliphatic rings. The van der Waals surface area contributed by atoms with Crippen molar-refractivity contribution >= 4 is 23.5 Å². The van der Waals surface area contributed by atoms with Gasteiger partial charge in [0.1, 0.15) is 11.9 Å². The van der Waals surface area contributed by atoms with E-state index in [0.29, 0.717) is 12.3 Å². The Bertz CT molecular complexity index is 728. The molecule has 7 nitrogen and oxygen atoms in total. The molecule has 1 heterocycles. The molecule has 3 fully saturated rings. The average molecular weight is 359 g/mol. The van der Waals surface area contributed by atoms with Gasteiger partial charge in [0.15, 0.2) is 6.61 Å². The minimum Gasteiger partial charge on any atom is -0.494 e. The van der Waals surface area contributed by atoms with Crippen LogP contribution >= 0.6 is 0 Å². The highest BCUT2D eigenvalue weighted by molar-refractivity contribution is 5.93. The van der Waals surface area contributed by atoms with Crippen LogP contribution in [-0.2, 0) is 23.9 Å². The van der Waals surface area contributed by atoms with Gasteiger partial charge < -0.3 is 19.5 Å². The summed E-state index contributed by atoms with van der Waals surface area (Å²) in [7, 11) is 0. The summed E-state index contributed by atoms with van der Waals surface area (Å²) in [6.45, 7) is 2.09. The van der Waals surface area contributed by atoms with E-state index in [-0.39, 0.29) is 36.4 Å². The van der Waals surface area contributed by atoms with Gasteiger partial charge in [-0.15, -0.1) is 0 Å². The lowest BCUT2D eigenvalue weighted by Gasteiger charge is -2.22. The lowest BCUT2D eigenvalue weighted by atomic mass is 9.80. The molecule has 1 amide bonds. The van der Waals surface area contributed by atoms with E-state index < -0.39 is 17.8 Å². The van der Waals surface area contributed by atoms with Gasteiger partial charge >= 0.3 is 11.9 Å². The predicted octanol–water partition coefficient (Wildman–Crippen LogP) is 1.76. The minimum absolute atomic E-state index is 0.0236. The standard InChI is InChI=1S/C19H21NO6/c1-2-24-12-5-3-11(4-6-12)20-15(21)9-25-18(22)16-10-7-13-14(8-10)26-19(23)17(13)16/h3-6,10,13-14,16-17H,2,7-9H2,1H3,(H,20,21)/t10-,13-,14-,16+,17+/m1/s1. The van der Waals surface area contributed by atoms with Gasteiger partial charge in [-0.25, -0.2) is 0 Å². The summed E-state index contributed by atoms with van der Waals surface area (Å²) in [5.74, 6) is -1.05. The minimum atomic E-state index is -0.471. The number of anilines is 1. The van der Waals surface area contributed by atoms with Crippen LogP contribution in [0.3, 0.4) is 0 Å². The maximum atomic E-state index is 12.4. The molecule has 1 N–H and O–H groups in total. The van der Waals surface area contributed by atoms with E-state index in [2.05, 4.69) is 5.32 Å². The lowest BCUT2D eigenvalue weighted by Crippen LogP contribution is -2.34. The summed E-state index contributed by atoms with van der Waals surface area (Å²) in [4.78, 5) is 36.4. The largest absolute Gasteiger partial charge is 0.494 e. The van der Waals surface area contributed by atoms with Crippen molar-refractivity contribution in [2.24, 2.45) is 23.7 Å². The first-order valence-corrected chi connectivity index (χ1v) is 8.96. The van der Waals surface area contributed by atoms with Crippen molar-refractivity contribution in [1.82, 2.24) is 0 Å². The molecule has 138 valence electrons. The van der Waals surface area contributed by atoms with E-state index in [1.165, 1.54) is 0 Å². The zero-order valence-corrected chi connectivity index (χ0v) is 14.5. The molecule has 2 saturated carbocycles. The van der Waals surface area contributed by atoms with Crippen LogP contribution in [0.15, 0.2) is 24.3 Å². The van der Waals surface area contributed by atoms with Crippen LogP contribution in [0.2, 0.25) is 0 Å². The number of rotatable bonds is 6. The van der Waals surface area contributed by atoms with Crippen molar-refractivity contribution in [2.45, 2.75) is 25.9 Å². The van der Waals surface area contributed by atoms with Crippen LogP contribution in [-0.4, -0.2) is 37.2 Å². The van der Waals surface area contributed by atoms with Gasteiger partial charge in [0, 0.05) is 11.6 Å². The number of amides is 1. The number of carbonyl (C=O) groups is 3. The van der Waals surface area contributed by atoms with Crippen molar-refractivity contribution in [3.05, 3.63) is 24.3 Å². The van der Waals surface area contributed by atoms with E-state index >= 15 is 0 Å². The fraction of sp³-hybridized carbons (Fsp3) is 0.526. The molecule has 0 unspecified atom stereocenters. The van der Waals surface area contributed by atoms with Gasteiger partial charge in [-0.2, -0.15) is 0 Å². The van der Waals surface area contributed by atoms with Crippen LogP contribution < -0.4 is 10.1 Å². The number of carbonyl (C=O) groups excluding carboxylic acids is 3. The first-order chi connectivity index (χ1) is 12.6. The van der Waals surface area contributed by atoms with Gasteiger partial charge in [-0.05, 0) is 49.9 Å². The molecule has 7 heteroatoms. The summed E-state index contributed by atoms with van der Waals surface area (Å²) < 4.78 is 15.8. The lowest BCUT2D eigenvalue weighted by molar-refractivity contribution is -0.157. The smallest absolute Gasteiger partial charge is 0.310 e. The summed E-state index contributed by atoms with van der Waals surface area (Å²) in [5.41, 5.74) is 0.594. The molecule has 0 aromatic heterocycles. The number of fused-ring (bicyclic) bond motifs is 1. The second-order valence-corrected chi connectivity index (χ2v) is 7.04. The number of nitrogens with one attached hydrogen (secondary N) is 1. The Morgan fingerprint density at radius 1 is 1.23 bits per heavy atom. The van der Waals surface area contributed by atoms with Crippen LogP contribution in [0.4, 0.5) is 5.69 Å². The topological polar surface area (TPSA) is 90.9 Å². The SMILES string of the molecule is CCOc1ccc(NC(=O)COC(=O)[C@H]2[C@@H]3C[C@H]4[C@@H]2C(=O)O[C@@H]4C3)cc1. The third kappa shape index (κ3) is 2.91. The normalized spacial score (nSPS) is 30.8. The molecule has 1 aromatic rings. The summed E-state index contributed by atoms with van der Waals surface area (Å²) in [6.07, 6.45) is 1.54. The Kier molecular flexibility index (Phi) is 4.30. The number of hydrogen-bond acceptors (Lipinski definition) is 6. The average Bonchev–Trinajstić information content (AvgIpc) is 3.24. The Morgan fingerprint density at radius 2 is 2.00 bits per heavy atom. The summed E-state index contributed by atoms with van der Waals surface area (Å²) in [5, 5.41) is 2.67. The Labute approximate surface area is 151 Å². The third-order valence-electron chi connectivity index (χ3n) is 5.55. The van der Waals surface area contributed by atoms with E-state index in [0.717, 1.165) is 18.6 Å². The van der Waals surface area contributed by atoms with Crippen molar-refractivity contribution in [3.8, 4) is 5.75 Å². The number of hydrogen-bond donors (Lipinski definition) is 1. The van der Waals surface area contributed by atoms with Crippen LogP contribution in [0.5, 0.6) is 5.75 Å². The summed E-state index contributed by atoms with van der Waals surface area (Å²) in [6, 6.07) is 6.94. The first-order valence-electron chi connectivity index (χ1n) is 8.96. The number of ether oxygens (including phenoxy) is 3. The van der Waals surface area contributed by atoms with Gasteiger partial charge in [0.2, 0.25) is 0 Å². The monoisotopic (exact) mass is 359 g/mol. The highest BCUT2D eigenvalue weighted by Crippen LogP contribution is 2.57. The quantitative estimate of drug-likeness (QED) is 0.779. The van der Waals surface area contributed by atoms with Gasteiger partial charge in [-0.1, -0.05) is 0 Å². The van der Waals surface area contributed by atoms with Gasteiger partial charge in [0.05, 0.1) is 18.4 Å². The number of benzene rings is 1. The molecule has 2 bridgehead atoms. The Morgan fingerprint density at radius 3 is 2.73 bits per heavy atom. The highest BCUT2D eigenvalue weighted by Gasteiger charge is 2.64. The van der Waals surface area contributed by atoms with Crippen molar-refractivity contribution < 1.29 is 28.6 Å². The molecule has 5 atom stereocenters. The fourth-order valence-corrected chi connectivity index (χ4v) is 4.56. The van der Waals surface area contributed by atoms with E-state index in [4.69, 9.17) is 14.2 Å².